The quantitative estimate of drug-likeness (QED) is 0.752. The first-order valence-electron chi connectivity index (χ1n) is 5.66. The Labute approximate surface area is 131 Å². The Hall–Kier alpha value is -2.17. The Morgan fingerprint density at radius 3 is 2.62 bits per heavy atom. The molecule has 1 N–H and O–H groups in total. The maximum absolute atomic E-state index is 11.9. The van der Waals surface area contributed by atoms with Gasteiger partial charge in [0.15, 0.2) is 0 Å². The molecular formula is C12H10IN3O5. The van der Waals surface area contributed by atoms with Gasteiger partial charge in [0, 0.05) is 14.1 Å². The average Bonchev–Trinajstić information content (AvgIpc) is 2.44. The largest absolute Gasteiger partial charge is 0.478 e. The van der Waals surface area contributed by atoms with Crippen LogP contribution in [0.25, 0.3) is 0 Å². The van der Waals surface area contributed by atoms with E-state index in [2.05, 4.69) is 5.10 Å². The van der Waals surface area contributed by atoms with Crippen molar-refractivity contribution in [1.82, 2.24) is 14.3 Å². The van der Waals surface area contributed by atoms with Crippen molar-refractivity contribution in [2.45, 2.75) is 0 Å². The van der Waals surface area contributed by atoms with E-state index in [0.29, 0.717) is 3.57 Å². The smallest absolute Gasteiger partial charge is 0.347 e. The normalized spacial score (nSPS) is 10.4. The summed E-state index contributed by atoms with van der Waals surface area (Å²) in [5.41, 5.74) is -1.26. The van der Waals surface area contributed by atoms with E-state index in [4.69, 9.17) is 9.84 Å². The van der Waals surface area contributed by atoms with Gasteiger partial charge in [0.2, 0.25) is 0 Å². The first-order chi connectivity index (χ1) is 9.81. The molecule has 2 rings (SSSR count). The summed E-state index contributed by atoms with van der Waals surface area (Å²) in [6.45, 7) is 0. The molecule has 0 saturated carbocycles. The molecule has 0 amide bonds. The molecule has 0 radical (unpaired) electrons. The number of carbonyl (C=O) groups is 1. The van der Waals surface area contributed by atoms with Gasteiger partial charge in [0.1, 0.15) is 5.75 Å². The second-order valence-corrected chi connectivity index (χ2v) is 5.29. The minimum atomic E-state index is -1.11. The molecule has 110 valence electrons. The standard InChI is InChI=1S/C12H10IN3O5/c1-15-10(17)9(14-16(2)12(15)20)21-8-5-6(11(18)19)3-4-7(8)13/h3-5H,1-2H3,(H,18,19). The SMILES string of the molecule is Cn1nc(Oc2cc(C(=O)O)ccc2I)c(=O)n(C)c1=O. The van der Waals surface area contributed by atoms with E-state index in [9.17, 15) is 14.4 Å². The molecule has 2 aromatic rings. The number of benzene rings is 1. The minimum Gasteiger partial charge on any atom is -0.478 e. The highest BCUT2D eigenvalue weighted by atomic mass is 127. The predicted molar refractivity (Wildman–Crippen MR) is 80.9 cm³/mol. The molecule has 1 aromatic heterocycles. The van der Waals surface area contributed by atoms with Gasteiger partial charge in [-0.25, -0.2) is 14.3 Å². The monoisotopic (exact) mass is 403 g/mol. The molecule has 0 spiro atoms. The molecule has 9 heteroatoms. The van der Waals surface area contributed by atoms with Crippen LogP contribution in [0.5, 0.6) is 11.6 Å². The Bertz CT molecular complexity index is 840. The second kappa shape index (κ2) is 5.68. The molecule has 0 aliphatic carbocycles. The number of hydrogen-bond donors (Lipinski definition) is 1. The lowest BCUT2D eigenvalue weighted by Gasteiger charge is -2.09. The molecule has 0 aliphatic rings. The maximum atomic E-state index is 11.9. The fourth-order valence-corrected chi connectivity index (χ4v) is 2.00. The minimum absolute atomic E-state index is 0.0204. The first kappa shape index (κ1) is 15.2. The first-order valence-corrected chi connectivity index (χ1v) is 6.74. The molecule has 0 unspecified atom stereocenters. The van der Waals surface area contributed by atoms with Crippen LogP contribution in [0.1, 0.15) is 10.4 Å². The molecule has 0 saturated heterocycles. The van der Waals surface area contributed by atoms with E-state index >= 15 is 0 Å². The van der Waals surface area contributed by atoms with Crippen LogP contribution < -0.4 is 16.0 Å². The van der Waals surface area contributed by atoms with Gasteiger partial charge in [0.05, 0.1) is 9.13 Å². The fraction of sp³-hybridized carbons (Fsp3) is 0.167. The van der Waals surface area contributed by atoms with Crippen molar-refractivity contribution < 1.29 is 14.6 Å². The summed E-state index contributed by atoms with van der Waals surface area (Å²) in [7, 11) is 2.69. The van der Waals surface area contributed by atoms with Crippen molar-refractivity contribution in [3.63, 3.8) is 0 Å². The molecule has 8 nitrogen and oxygen atoms in total. The van der Waals surface area contributed by atoms with E-state index < -0.39 is 17.2 Å². The predicted octanol–water partition coefficient (Wildman–Crippen LogP) is 0.574. The Kier molecular flexibility index (Phi) is 4.11. The molecule has 0 atom stereocenters. The third-order valence-corrected chi connectivity index (χ3v) is 3.57. The molecule has 0 bridgehead atoms. The maximum Gasteiger partial charge on any atom is 0.347 e. The van der Waals surface area contributed by atoms with E-state index in [1.165, 1.54) is 26.2 Å². The lowest BCUT2D eigenvalue weighted by atomic mass is 10.2. The van der Waals surface area contributed by atoms with Gasteiger partial charge in [-0.05, 0) is 40.8 Å². The van der Waals surface area contributed by atoms with Gasteiger partial charge >= 0.3 is 23.1 Å². The number of rotatable bonds is 3. The Balaban J connectivity index is 2.53. The third kappa shape index (κ3) is 2.96. The lowest BCUT2D eigenvalue weighted by molar-refractivity contribution is 0.0696. The van der Waals surface area contributed by atoms with Gasteiger partial charge in [0.25, 0.3) is 0 Å². The van der Waals surface area contributed by atoms with Crippen molar-refractivity contribution >= 4 is 28.6 Å². The van der Waals surface area contributed by atoms with Crippen LogP contribution in [-0.4, -0.2) is 25.4 Å². The van der Waals surface area contributed by atoms with Gasteiger partial charge in [-0.15, -0.1) is 5.10 Å². The second-order valence-electron chi connectivity index (χ2n) is 4.13. The Morgan fingerprint density at radius 1 is 1.33 bits per heavy atom. The molecule has 1 heterocycles. The van der Waals surface area contributed by atoms with Crippen LogP contribution in [0.2, 0.25) is 0 Å². The van der Waals surface area contributed by atoms with Gasteiger partial charge in [-0.1, -0.05) is 0 Å². The van der Waals surface area contributed by atoms with Crippen LogP contribution in [-0.2, 0) is 14.1 Å². The van der Waals surface area contributed by atoms with Crippen LogP contribution >= 0.6 is 22.6 Å². The topological polar surface area (TPSA) is 103 Å². The zero-order valence-electron chi connectivity index (χ0n) is 11.0. The number of carboxylic acids is 1. The van der Waals surface area contributed by atoms with E-state index in [1.54, 1.807) is 6.07 Å². The van der Waals surface area contributed by atoms with E-state index in [1.807, 2.05) is 22.6 Å². The molecule has 21 heavy (non-hydrogen) atoms. The number of hydrogen-bond acceptors (Lipinski definition) is 5. The van der Waals surface area contributed by atoms with Gasteiger partial charge in [-0.3, -0.25) is 9.36 Å². The van der Waals surface area contributed by atoms with Crippen molar-refractivity contribution in [3.05, 3.63) is 48.2 Å². The average molecular weight is 403 g/mol. The van der Waals surface area contributed by atoms with E-state index in [-0.39, 0.29) is 17.2 Å². The highest BCUT2D eigenvalue weighted by Crippen LogP contribution is 2.25. The molecular weight excluding hydrogens is 393 g/mol. The zero-order valence-corrected chi connectivity index (χ0v) is 13.2. The number of aryl methyl sites for hydroxylation is 1. The summed E-state index contributed by atoms with van der Waals surface area (Å²) in [5.74, 6) is -1.24. The number of aromatic carboxylic acids is 1. The highest BCUT2D eigenvalue weighted by molar-refractivity contribution is 14.1. The van der Waals surface area contributed by atoms with Gasteiger partial charge < -0.3 is 9.84 Å². The number of ether oxygens (including phenoxy) is 1. The molecule has 0 aliphatic heterocycles. The lowest BCUT2D eigenvalue weighted by Crippen LogP contribution is -2.38. The molecule has 0 fully saturated rings. The number of halogens is 1. The van der Waals surface area contributed by atoms with Crippen molar-refractivity contribution in [1.29, 1.82) is 0 Å². The summed E-state index contributed by atoms with van der Waals surface area (Å²) in [5, 5.41) is 12.7. The highest BCUT2D eigenvalue weighted by Gasteiger charge is 2.14. The summed E-state index contributed by atoms with van der Waals surface area (Å²) >= 11 is 1.94. The van der Waals surface area contributed by atoms with Crippen LogP contribution in [0.4, 0.5) is 0 Å². The zero-order chi connectivity index (χ0) is 15.7. The number of carboxylic acid groups (broad SMARTS) is 1. The van der Waals surface area contributed by atoms with Crippen LogP contribution in [0.15, 0.2) is 27.8 Å². The van der Waals surface area contributed by atoms with E-state index in [0.717, 1.165) is 9.25 Å². The number of aromatic nitrogens is 3. The fourth-order valence-electron chi connectivity index (χ4n) is 1.55. The molecule has 1 aromatic carbocycles. The summed E-state index contributed by atoms with van der Waals surface area (Å²) < 4.78 is 7.80. The van der Waals surface area contributed by atoms with Crippen LogP contribution in [0.3, 0.4) is 0 Å². The van der Waals surface area contributed by atoms with Crippen molar-refractivity contribution in [3.8, 4) is 11.6 Å². The summed E-state index contributed by atoms with van der Waals surface area (Å²) in [6, 6.07) is 4.26. The summed E-state index contributed by atoms with van der Waals surface area (Å²) in [4.78, 5) is 34.4. The van der Waals surface area contributed by atoms with Crippen LogP contribution in [0, 0.1) is 3.57 Å². The van der Waals surface area contributed by atoms with Crippen molar-refractivity contribution in [2.24, 2.45) is 14.1 Å². The summed E-state index contributed by atoms with van der Waals surface area (Å²) in [6.07, 6.45) is 0. The Morgan fingerprint density at radius 2 is 2.00 bits per heavy atom. The number of nitrogens with zero attached hydrogens (tertiary/aromatic N) is 3. The van der Waals surface area contributed by atoms with Gasteiger partial charge in [-0.2, -0.15) is 0 Å². The third-order valence-electron chi connectivity index (χ3n) is 2.68. The van der Waals surface area contributed by atoms with Crippen molar-refractivity contribution in [2.75, 3.05) is 0 Å².